The highest BCUT2D eigenvalue weighted by Crippen LogP contribution is 2.24. The molecular formula is C13H12BrNO2. The maximum atomic E-state index is 11.4. The first kappa shape index (κ1) is 12.0. The number of hydrogen-bond donors (Lipinski definition) is 1. The van der Waals surface area contributed by atoms with Gasteiger partial charge in [-0.3, -0.25) is 4.98 Å². The van der Waals surface area contributed by atoms with Gasteiger partial charge in [0.05, 0.1) is 11.1 Å². The Labute approximate surface area is 108 Å². The predicted octanol–water partition coefficient (Wildman–Crippen LogP) is 3.65. The molecule has 2 aromatic rings. The molecule has 0 amide bonds. The normalized spacial score (nSPS) is 10.7. The van der Waals surface area contributed by atoms with Crippen LogP contribution >= 0.6 is 15.9 Å². The fourth-order valence-electron chi connectivity index (χ4n) is 1.92. The van der Waals surface area contributed by atoms with Crippen LogP contribution in [-0.2, 0) is 6.42 Å². The fraction of sp³-hybridized carbons (Fsp3) is 0.231. The summed E-state index contributed by atoms with van der Waals surface area (Å²) in [5.74, 6) is -0.886. The summed E-state index contributed by atoms with van der Waals surface area (Å²) >= 11 is 3.36. The van der Waals surface area contributed by atoms with Crippen molar-refractivity contribution in [3.05, 3.63) is 40.0 Å². The lowest BCUT2D eigenvalue weighted by atomic mass is 10.0. The van der Waals surface area contributed by atoms with Gasteiger partial charge in [-0.05, 0) is 24.1 Å². The van der Waals surface area contributed by atoms with Crippen molar-refractivity contribution < 1.29 is 9.90 Å². The van der Waals surface area contributed by atoms with Crippen LogP contribution in [0.25, 0.3) is 10.9 Å². The number of benzene rings is 1. The molecule has 1 aromatic heterocycles. The molecular weight excluding hydrogens is 282 g/mol. The maximum Gasteiger partial charge on any atom is 0.336 e. The first-order chi connectivity index (χ1) is 8.13. The Morgan fingerprint density at radius 1 is 1.47 bits per heavy atom. The zero-order chi connectivity index (χ0) is 12.4. The van der Waals surface area contributed by atoms with E-state index in [9.17, 15) is 9.90 Å². The summed E-state index contributed by atoms with van der Waals surface area (Å²) in [7, 11) is 0. The summed E-state index contributed by atoms with van der Waals surface area (Å²) in [6.45, 7) is 2.03. The van der Waals surface area contributed by atoms with Gasteiger partial charge in [0, 0.05) is 16.1 Å². The average Bonchev–Trinajstić information content (AvgIpc) is 2.28. The molecule has 0 unspecified atom stereocenters. The number of carbonyl (C=O) groups is 1. The Kier molecular flexibility index (Phi) is 3.43. The van der Waals surface area contributed by atoms with Gasteiger partial charge in [-0.2, -0.15) is 0 Å². The SMILES string of the molecule is CCCc1cnc2cc(Br)ccc2c1C(=O)O. The van der Waals surface area contributed by atoms with Gasteiger partial charge >= 0.3 is 5.97 Å². The molecule has 3 nitrogen and oxygen atoms in total. The number of pyridine rings is 1. The first-order valence-corrected chi connectivity index (χ1v) is 6.23. The molecule has 0 aliphatic carbocycles. The molecule has 4 heteroatoms. The standard InChI is InChI=1S/C13H12BrNO2/c1-2-3-8-7-15-11-6-9(14)4-5-10(11)12(8)13(16)17/h4-7H,2-3H2,1H3,(H,16,17). The Bertz CT molecular complexity index is 581. The van der Waals surface area contributed by atoms with E-state index >= 15 is 0 Å². The highest BCUT2D eigenvalue weighted by Gasteiger charge is 2.14. The molecule has 0 fully saturated rings. The van der Waals surface area contributed by atoms with E-state index in [1.807, 2.05) is 19.1 Å². The van der Waals surface area contributed by atoms with Crippen molar-refractivity contribution in [1.29, 1.82) is 0 Å². The molecule has 0 spiro atoms. The number of aromatic nitrogens is 1. The summed E-state index contributed by atoms with van der Waals surface area (Å²) in [6, 6.07) is 5.47. The van der Waals surface area contributed by atoms with Gasteiger partial charge in [-0.1, -0.05) is 35.3 Å². The van der Waals surface area contributed by atoms with Gasteiger partial charge in [-0.25, -0.2) is 4.79 Å². The Morgan fingerprint density at radius 2 is 2.24 bits per heavy atom. The zero-order valence-electron chi connectivity index (χ0n) is 9.40. The number of hydrogen-bond acceptors (Lipinski definition) is 2. The summed E-state index contributed by atoms with van der Waals surface area (Å²) in [6.07, 6.45) is 3.31. The third-order valence-corrected chi connectivity index (χ3v) is 3.14. The van der Waals surface area contributed by atoms with Gasteiger partial charge in [0.25, 0.3) is 0 Å². The van der Waals surface area contributed by atoms with Crippen LogP contribution in [0.1, 0.15) is 29.3 Å². The minimum Gasteiger partial charge on any atom is -0.478 e. The van der Waals surface area contributed by atoms with Crippen LogP contribution in [0.15, 0.2) is 28.9 Å². The van der Waals surface area contributed by atoms with E-state index < -0.39 is 5.97 Å². The van der Waals surface area contributed by atoms with Gasteiger partial charge in [0.15, 0.2) is 0 Å². The topological polar surface area (TPSA) is 50.2 Å². The van der Waals surface area contributed by atoms with Crippen molar-refractivity contribution >= 4 is 32.8 Å². The lowest BCUT2D eigenvalue weighted by Crippen LogP contribution is -2.04. The van der Waals surface area contributed by atoms with Crippen molar-refractivity contribution in [2.24, 2.45) is 0 Å². The Hall–Kier alpha value is -1.42. The summed E-state index contributed by atoms with van der Waals surface area (Å²) in [5.41, 5.74) is 1.89. The smallest absolute Gasteiger partial charge is 0.336 e. The second-order valence-corrected chi connectivity index (χ2v) is 4.79. The number of carboxylic acid groups (broad SMARTS) is 1. The quantitative estimate of drug-likeness (QED) is 0.940. The van der Waals surface area contributed by atoms with Crippen molar-refractivity contribution in [2.75, 3.05) is 0 Å². The van der Waals surface area contributed by atoms with Gasteiger partial charge in [-0.15, -0.1) is 0 Å². The molecule has 0 saturated carbocycles. The fourth-order valence-corrected chi connectivity index (χ4v) is 2.27. The molecule has 1 N–H and O–H groups in total. The molecule has 88 valence electrons. The van der Waals surface area contributed by atoms with E-state index in [0.717, 1.165) is 22.9 Å². The van der Waals surface area contributed by atoms with Crippen LogP contribution in [0.3, 0.4) is 0 Å². The molecule has 0 aliphatic heterocycles. The molecule has 1 aromatic carbocycles. The van der Waals surface area contributed by atoms with E-state index in [1.54, 1.807) is 12.3 Å². The summed E-state index contributed by atoms with van der Waals surface area (Å²) in [4.78, 5) is 15.7. The van der Waals surface area contributed by atoms with Crippen LogP contribution in [0, 0.1) is 0 Å². The van der Waals surface area contributed by atoms with Crippen LogP contribution in [0.4, 0.5) is 0 Å². The third kappa shape index (κ3) is 2.31. The number of nitrogens with zero attached hydrogens (tertiary/aromatic N) is 1. The van der Waals surface area contributed by atoms with Crippen molar-refractivity contribution in [2.45, 2.75) is 19.8 Å². The number of carboxylic acids is 1. The van der Waals surface area contributed by atoms with E-state index in [1.165, 1.54) is 0 Å². The molecule has 0 aliphatic rings. The third-order valence-electron chi connectivity index (χ3n) is 2.64. The van der Waals surface area contributed by atoms with Crippen LogP contribution in [-0.4, -0.2) is 16.1 Å². The van der Waals surface area contributed by atoms with Gasteiger partial charge < -0.3 is 5.11 Å². The molecule has 17 heavy (non-hydrogen) atoms. The molecule has 0 radical (unpaired) electrons. The Morgan fingerprint density at radius 3 is 2.88 bits per heavy atom. The lowest BCUT2D eigenvalue weighted by molar-refractivity contribution is 0.0698. The summed E-state index contributed by atoms with van der Waals surface area (Å²) < 4.78 is 0.900. The highest BCUT2D eigenvalue weighted by molar-refractivity contribution is 9.10. The van der Waals surface area contributed by atoms with Crippen molar-refractivity contribution in [1.82, 2.24) is 4.98 Å². The highest BCUT2D eigenvalue weighted by atomic mass is 79.9. The monoisotopic (exact) mass is 293 g/mol. The van der Waals surface area contributed by atoms with Crippen LogP contribution in [0.5, 0.6) is 0 Å². The lowest BCUT2D eigenvalue weighted by Gasteiger charge is -2.08. The minimum atomic E-state index is -0.886. The van der Waals surface area contributed by atoms with Crippen molar-refractivity contribution in [3.63, 3.8) is 0 Å². The zero-order valence-corrected chi connectivity index (χ0v) is 11.0. The second-order valence-electron chi connectivity index (χ2n) is 3.88. The number of aryl methyl sites for hydroxylation is 1. The minimum absolute atomic E-state index is 0.379. The number of halogens is 1. The largest absolute Gasteiger partial charge is 0.478 e. The van der Waals surface area contributed by atoms with E-state index in [2.05, 4.69) is 20.9 Å². The van der Waals surface area contributed by atoms with Crippen molar-refractivity contribution in [3.8, 4) is 0 Å². The molecule has 0 bridgehead atoms. The molecule has 0 atom stereocenters. The molecule has 0 saturated heterocycles. The Balaban J connectivity index is 2.74. The average molecular weight is 294 g/mol. The summed E-state index contributed by atoms with van der Waals surface area (Å²) in [5, 5.41) is 10.0. The van der Waals surface area contributed by atoms with E-state index in [-0.39, 0.29) is 0 Å². The predicted molar refractivity (Wildman–Crippen MR) is 70.4 cm³/mol. The van der Waals surface area contributed by atoms with Crippen LogP contribution in [0.2, 0.25) is 0 Å². The number of rotatable bonds is 3. The van der Waals surface area contributed by atoms with Crippen LogP contribution < -0.4 is 0 Å². The van der Waals surface area contributed by atoms with E-state index in [0.29, 0.717) is 16.5 Å². The van der Waals surface area contributed by atoms with Gasteiger partial charge in [0.1, 0.15) is 0 Å². The second kappa shape index (κ2) is 4.84. The molecule has 2 rings (SSSR count). The maximum absolute atomic E-state index is 11.4. The van der Waals surface area contributed by atoms with Gasteiger partial charge in [0.2, 0.25) is 0 Å². The van der Waals surface area contributed by atoms with E-state index in [4.69, 9.17) is 0 Å². The first-order valence-electron chi connectivity index (χ1n) is 5.44. The molecule has 1 heterocycles. The number of fused-ring (bicyclic) bond motifs is 1. The number of aromatic carboxylic acids is 1.